The second-order valence-electron chi connectivity index (χ2n) is 7.36. The molecule has 0 atom stereocenters. The number of carbonyl (C=O) groups is 1. The van der Waals surface area contributed by atoms with Gasteiger partial charge in [0.25, 0.3) is 0 Å². The Morgan fingerprint density at radius 3 is 2.80 bits per heavy atom. The molecule has 0 aliphatic heterocycles. The van der Waals surface area contributed by atoms with Crippen molar-refractivity contribution in [2.75, 3.05) is 0 Å². The Kier molecular flexibility index (Phi) is 4.20. The van der Waals surface area contributed by atoms with Crippen molar-refractivity contribution in [2.45, 2.75) is 50.5 Å². The molecule has 0 saturated heterocycles. The number of carboxylic acids is 1. The molecule has 4 heteroatoms. The number of hydrogen-bond acceptors (Lipinski definition) is 3. The molecule has 1 saturated carbocycles. The zero-order valence-electron chi connectivity index (χ0n) is 14.3. The third-order valence-electron chi connectivity index (χ3n) is 5.95. The maximum atomic E-state index is 11.3. The van der Waals surface area contributed by atoms with Gasteiger partial charge in [-0.2, -0.15) is 0 Å². The van der Waals surface area contributed by atoms with Crippen molar-refractivity contribution < 1.29 is 14.6 Å². The zero-order chi connectivity index (χ0) is 17.3. The minimum atomic E-state index is -0.637. The number of pyridine rings is 1. The van der Waals surface area contributed by atoms with Crippen LogP contribution in [0.4, 0.5) is 0 Å². The van der Waals surface area contributed by atoms with Gasteiger partial charge < -0.3 is 9.84 Å². The Hall–Kier alpha value is -2.36. The van der Waals surface area contributed by atoms with Gasteiger partial charge in [-0.25, -0.2) is 0 Å². The molecule has 2 aliphatic rings. The van der Waals surface area contributed by atoms with Crippen LogP contribution in [0.5, 0.6) is 5.75 Å². The van der Waals surface area contributed by atoms with Crippen molar-refractivity contribution in [1.29, 1.82) is 0 Å². The lowest BCUT2D eigenvalue weighted by atomic mass is 9.67. The smallest absolute Gasteiger partial charge is 0.306 e. The van der Waals surface area contributed by atoms with Crippen LogP contribution in [0.25, 0.3) is 0 Å². The summed E-state index contributed by atoms with van der Waals surface area (Å²) in [5, 5.41) is 9.26. The second-order valence-corrected chi connectivity index (χ2v) is 7.36. The second kappa shape index (κ2) is 6.51. The highest BCUT2D eigenvalue weighted by molar-refractivity contribution is 5.70. The average Bonchev–Trinajstić information content (AvgIpc) is 2.99. The number of hydrogen-bond donors (Lipinski definition) is 1. The van der Waals surface area contributed by atoms with Crippen LogP contribution in [-0.4, -0.2) is 16.1 Å². The molecule has 1 heterocycles. The molecule has 25 heavy (non-hydrogen) atoms. The molecule has 0 unspecified atom stereocenters. The van der Waals surface area contributed by atoms with Gasteiger partial charge in [0.05, 0.1) is 5.92 Å². The third-order valence-corrected chi connectivity index (χ3v) is 5.95. The summed E-state index contributed by atoms with van der Waals surface area (Å²) in [5.41, 5.74) is 4.01. The molecule has 0 amide bonds. The van der Waals surface area contributed by atoms with Gasteiger partial charge in [0.1, 0.15) is 12.4 Å². The SMILES string of the molecule is O=C(O)C1CCC2(CCc3ccc(OCc4cccnc4)cc32)CC1. The van der Waals surface area contributed by atoms with Gasteiger partial charge in [0.15, 0.2) is 0 Å². The van der Waals surface area contributed by atoms with Crippen LogP contribution < -0.4 is 4.74 Å². The molecule has 0 radical (unpaired) electrons. The van der Waals surface area contributed by atoms with Gasteiger partial charge in [-0.15, -0.1) is 0 Å². The maximum absolute atomic E-state index is 11.3. The summed E-state index contributed by atoms with van der Waals surface area (Å²) in [5.74, 6) is 0.0885. The van der Waals surface area contributed by atoms with Gasteiger partial charge in [-0.05, 0) is 73.3 Å². The highest BCUT2D eigenvalue weighted by Gasteiger charge is 2.42. The lowest BCUT2D eigenvalue weighted by molar-refractivity contribution is -0.143. The molecule has 130 valence electrons. The van der Waals surface area contributed by atoms with Crippen molar-refractivity contribution in [3.05, 3.63) is 59.4 Å². The lowest BCUT2D eigenvalue weighted by Gasteiger charge is -2.37. The molecule has 1 aromatic carbocycles. The van der Waals surface area contributed by atoms with Crippen LogP contribution in [0.2, 0.25) is 0 Å². The molecular weight excluding hydrogens is 314 g/mol. The van der Waals surface area contributed by atoms with Crippen LogP contribution >= 0.6 is 0 Å². The van der Waals surface area contributed by atoms with Gasteiger partial charge in [0, 0.05) is 18.0 Å². The topological polar surface area (TPSA) is 59.4 Å². The van der Waals surface area contributed by atoms with E-state index in [-0.39, 0.29) is 11.3 Å². The number of benzene rings is 1. The minimum Gasteiger partial charge on any atom is -0.489 e. The predicted octanol–water partition coefficient (Wildman–Crippen LogP) is 4.12. The van der Waals surface area contributed by atoms with E-state index in [0.29, 0.717) is 6.61 Å². The first kappa shape index (κ1) is 16.1. The minimum absolute atomic E-state index is 0.162. The molecule has 1 N–H and O–H groups in total. The summed E-state index contributed by atoms with van der Waals surface area (Å²) < 4.78 is 5.98. The number of nitrogens with zero attached hydrogens (tertiary/aromatic N) is 1. The van der Waals surface area contributed by atoms with E-state index >= 15 is 0 Å². The van der Waals surface area contributed by atoms with E-state index in [2.05, 4.69) is 23.2 Å². The Bertz CT molecular complexity index is 764. The Morgan fingerprint density at radius 2 is 2.08 bits per heavy atom. The Balaban J connectivity index is 1.51. The number of rotatable bonds is 4. The number of fused-ring (bicyclic) bond motifs is 2. The summed E-state index contributed by atoms with van der Waals surface area (Å²) in [6.07, 6.45) is 9.34. The maximum Gasteiger partial charge on any atom is 0.306 e. The summed E-state index contributed by atoms with van der Waals surface area (Å²) >= 11 is 0. The standard InChI is InChI=1S/C21H23NO3/c23-20(24)17-6-9-21(10-7-17)8-5-16-3-4-18(12-19(16)21)25-14-15-2-1-11-22-13-15/h1-4,11-13,17H,5-10,14H2,(H,23,24). The van der Waals surface area contributed by atoms with Crippen LogP contribution in [-0.2, 0) is 23.2 Å². The van der Waals surface area contributed by atoms with E-state index in [1.807, 2.05) is 18.3 Å². The van der Waals surface area contributed by atoms with Crippen molar-refractivity contribution >= 4 is 5.97 Å². The largest absolute Gasteiger partial charge is 0.489 e. The molecule has 1 fully saturated rings. The summed E-state index contributed by atoms with van der Waals surface area (Å²) in [6, 6.07) is 10.4. The van der Waals surface area contributed by atoms with Crippen LogP contribution in [0.1, 0.15) is 48.8 Å². The Morgan fingerprint density at radius 1 is 1.24 bits per heavy atom. The molecule has 1 spiro atoms. The average molecular weight is 337 g/mol. The van der Waals surface area contributed by atoms with Gasteiger partial charge in [0.2, 0.25) is 0 Å². The fourth-order valence-electron chi connectivity index (χ4n) is 4.45. The quantitative estimate of drug-likeness (QED) is 0.912. The van der Waals surface area contributed by atoms with E-state index in [4.69, 9.17) is 4.74 Å². The lowest BCUT2D eigenvalue weighted by Crippen LogP contribution is -2.32. The molecule has 4 nitrogen and oxygen atoms in total. The van der Waals surface area contributed by atoms with E-state index in [1.54, 1.807) is 6.20 Å². The number of aryl methyl sites for hydroxylation is 1. The summed E-state index contributed by atoms with van der Waals surface area (Å²) in [4.78, 5) is 15.4. The van der Waals surface area contributed by atoms with Gasteiger partial charge in [-0.3, -0.25) is 9.78 Å². The van der Waals surface area contributed by atoms with E-state index in [1.165, 1.54) is 11.1 Å². The highest BCUT2D eigenvalue weighted by atomic mass is 16.5. The molecule has 2 aliphatic carbocycles. The van der Waals surface area contributed by atoms with Crippen molar-refractivity contribution in [2.24, 2.45) is 5.92 Å². The number of aliphatic carboxylic acids is 1. The van der Waals surface area contributed by atoms with Gasteiger partial charge in [-0.1, -0.05) is 12.1 Å². The van der Waals surface area contributed by atoms with E-state index < -0.39 is 5.97 Å². The predicted molar refractivity (Wildman–Crippen MR) is 94.6 cm³/mol. The molecule has 2 aromatic rings. The van der Waals surface area contributed by atoms with Gasteiger partial charge >= 0.3 is 5.97 Å². The summed E-state index contributed by atoms with van der Waals surface area (Å²) in [7, 11) is 0. The normalized spacial score (nSPS) is 24.9. The number of carboxylic acid groups (broad SMARTS) is 1. The Labute approximate surface area is 147 Å². The highest BCUT2D eigenvalue weighted by Crippen LogP contribution is 2.50. The van der Waals surface area contributed by atoms with E-state index in [0.717, 1.165) is 49.8 Å². The van der Waals surface area contributed by atoms with Crippen molar-refractivity contribution in [3.63, 3.8) is 0 Å². The fourth-order valence-corrected chi connectivity index (χ4v) is 4.45. The zero-order valence-corrected chi connectivity index (χ0v) is 14.3. The number of ether oxygens (including phenoxy) is 1. The van der Waals surface area contributed by atoms with Crippen LogP contribution in [0.15, 0.2) is 42.7 Å². The third kappa shape index (κ3) is 3.13. The molecule has 1 aromatic heterocycles. The fraction of sp³-hybridized carbons (Fsp3) is 0.429. The summed E-state index contributed by atoms with van der Waals surface area (Å²) in [6.45, 7) is 0.515. The van der Waals surface area contributed by atoms with E-state index in [9.17, 15) is 9.90 Å². The number of aromatic nitrogens is 1. The monoisotopic (exact) mass is 337 g/mol. The van der Waals surface area contributed by atoms with Crippen LogP contribution in [0, 0.1) is 5.92 Å². The molecule has 0 bridgehead atoms. The first-order valence-corrected chi connectivity index (χ1v) is 9.04. The van der Waals surface area contributed by atoms with Crippen molar-refractivity contribution in [1.82, 2.24) is 4.98 Å². The van der Waals surface area contributed by atoms with Crippen molar-refractivity contribution in [3.8, 4) is 5.75 Å². The first-order valence-electron chi connectivity index (χ1n) is 9.04. The molecular formula is C21H23NO3. The van der Waals surface area contributed by atoms with Crippen LogP contribution in [0.3, 0.4) is 0 Å². The molecule has 4 rings (SSSR count). The first-order chi connectivity index (χ1) is 12.2.